The Morgan fingerprint density at radius 2 is 0.908 bits per heavy atom. The lowest BCUT2D eigenvalue weighted by Crippen LogP contribution is -2.54. The van der Waals surface area contributed by atoms with Crippen molar-refractivity contribution >= 4 is 11.4 Å². The first-order valence-electron chi connectivity index (χ1n) is 25.6. The molecular weight excluding hydrogens is 797 g/mol. The lowest BCUT2D eigenvalue weighted by molar-refractivity contribution is 0.116. The first-order chi connectivity index (χ1) is 31.3. The van der Waals surface area contributed by atoms with E-state index in [2.05, 4.69) is 194 Å². The van der Waals surface area contributed by atoms with E-state index in [4.69, 9.17) is 0 Å². The standard InChI is InChI=1S/C29H42N4.C28H40N4/c1-5-29(2,3)22-11-14-26-25(19-22)28-24(27(31-26)21-9-7-6-8-10-21)13-12-23(30-28)20-33-17-15-32(4)16-18-33;1-28(2,3)21-10-13-25-24(18-21)27-23(26(30-25)20-8-6-5-7-9-20)12-11-22(29-27)19-32-16-14-31(4)15-17-32/h6-11,14,19,23-24,27-28,30-31H,5,12-13,15-18,20H2,1-4H3;5-10,13,18,22-23,26-27,29-30H,11-12,14-17,19H2,1-4H3/t23?,24?,27-,28?;/m0./s1. The second kappa shape index (κ2) is 19.8. The number of nitrogens with one attached hydrogen (secondary N) is 4. The Morgan fingerprint density at radius 3 is 1.32 bits per heavy atom. The van der Waals surface area contributed by atoms with Crippen molar-refractivity contribution in [2.24, 2.45) is 11.8 Å². The van der Waals surface area contributed by atoms with Gasteiger partial charge in [0.05, 0.1) is 12.1 Å². The largest absolute Gasteiger partial charge is 0.378 e. The summed E-state index contributed by atoms with van der Waals surface area (Å²) in [6.07, 6.45) is 6.20. The van der Waals surface area contributed by atoms with Gasteiger partial charge >= 0.3 is 0 Å². The molecule has 4 fully saturated rings. The van der Waals surface area contributed by atoms with Crippen LogP contribution in [0.15, 0.2) is 97.1 Å². The Bertz CT molecular complexity index is 2150. The molecule has 4 aromatic rings. The van der Waals surface area contributed by atoms with E-state index in [0.29, 0.717) is 48.1 Å². The summed E-state index contributed by atoms with van der Waals surface area (Å²) < 4.78 is 0. The minimum Gasteiger partial charge on any atom is -0.378 e. The number of hydrogen-bond donors (Lipinski definition) is 4. The molecule has 8 nitrogen and oxygen atoms in total. The van der Waals surface area contributed by atoms with Crippen LogP contribution >= 0.6 is 0 Å². The van der Waals surface area contributed by atoms with Crippen molar-refractivity contribution < 1.29 is 0 Å². The minimum atomic E-state index is 0.161. The van der Waals surface area contributed by atoms with Crippen LogP contribution in [0.25, 0.3) is 0 Å². The number of piperazine rings is 2. The van der Waals surface area contributed by atoms with E-state index in [-0.39, 0.29) is 10.8 Å². The van der Waals surface area contributed by atoms with Gasteiger partial charge in [-0.25, -0.2) is 0 Å². The molecule has 0 spiro atoms. The van der Waals surface area contributed by atoms with Crippen molar-refractivity contribution in [1.29, 1.82) is 0 Å². The van der Waals surface area contributed by atoms with E-state index in [9.17, 15) is 0 Å². The highest BCUT2D eigenvalue weighted by Crippen LogP contribution is 2.50. The van der Waals surface area contributed by atoms with Gasteiger partial charge in [0.15, 0.2) is 0 Å². The van der Waals surface area contributed by atoms with Gasteiger partial charge in [-0.2, -0.15) is 0 Å². The molecule has 0 aliphatic carbocycles. The summed E-state index contributed by atoms with van der Waals surface area (Å²) in [5, 5.41) is 16.2. The summed E-state index contributed by atoms with van der Waals surface area (Å²) in [4.78, 5) is 10.2. The SMILES string of the molecule is CCC(C)(C)c1ccc2c(c1)C1NC(CN3CCN(C)CC3)CCC1[C@H](c1ccccc1)N2.CN1CCN(CC2CCC3C(c4ccccc4)Nc4ccc(C(C)(C)C)cc4C3N2)CC1. The molecule has 65 heavy (non-hydrogen) atoms. The van der Waals surface area contributed by atoms with Gasteiger partial charge in [0.25, 0.3) is 0 Å². The Kier molecular flexibility index (Phi) is 14.1. The molecule has 0 amide bonds. The minimum absolute atomic E-state index is 0.161. The molecule has 8 heteroatoms. The summed E-state index contributed by atoms with van der Waals surface area (Å²) in [5.74, 6) is 1.15. The van der Waals surface area contributed by atoms with Crippen molar-refractivity contribution in [3.63, 3.8) is 0 Å². The van der Waals surface area contributed by atoms with Crippen LogP contribution in [0, 0.1) is 11.8 Å². The third-order valence-electron chi connectivity index (χ3n) is 16.6. The van der Waals surface area contributed by atoms with Gasteiger partial charge in [0, 0.05) is 113 Å². The van der Waals surface area contributed by atoms with Gasteiger partial charge in [0.2, 0.25) is 0 Å². The first kappa shape index (κ1) is 46.4. The Morgan fingerprint density at radius 1 is 0.492 bits per heavy atom. The van der Waals surface area contributed by atoms with Crippen molar-refractivity contribution in [3.8, 4) is 0 Å². The van der Waals surface area contributed by atoms with E-state index in [1.54, 1.807) is 0 Å². The lowest BCUT2D eigenvalue weighted by atomic mass is 9.72. The highest BCUT2D eigenvalue weighted by atomic mass is 15.3. The van der Waals surface area contributed by atoms with Crippen LogP contribution in [0.5, 0.6) is 0 Å². The highest BCUT2D eigenvalue weighted by molar-refractivity contribution is 5.61. The number of nitrogens with zero attached hydrogens (tertiary/aromatic N) is 4. The second-order valence-corrected chi connectivity index (χ2v) is 22.5. The fraction of sp³-hybridized carbons (Fsp3) is 0.579. The van der Waals surface area contributed by atoms with Crippen molar-refractivity contribution in [2.75, 3.05) is 90.2 Å². The first-order valence-corrected chi connectivity index (χ1v) is 25.6. The van der Waals surface area contributed by atoms with Crippen LogP contribution in [-0.2, 0) is 10.8 Å². The summed E-state index contributed by atoms with van der Waals surface area (Å²) in [6, 6.07) is 39.2. The Hall–Kier alpha value is -3.76. The molecule has 0 bridgehead atoms. The lowest BCUT2D eigenvalue weighted by Gasteiger charge is -2.48. The maximum Gasteiger partial charge on any atom is 0.0560 e. The summed E-state index contributed by atoms with van der Waals surface area (Å²) in [5.41, 5.74) is 11.6. The number of benzene rings is 4. The quantitative estimate of drug-likeness (QED) is 0.140. The van der Waals surface area contributed by atoms with Crippen LogP contribution in [0.2, 0.25) is 0 Å². The van der Waals surface area contributed by atoms with Crippen LogP contribution in [0.3, 0.4) is 0 Å². The molecule has 10 rings (SSSR count). The van der Waals surface area contributed by atoms with Gasteiger partial charge in [0.1, 0.15) is 0 Å². The van der Waals surface area contributed by atoms with Gasteiger partial charge in [-0.1, -0.05) is 126 Å². The fourth-order valence-electron chi connectivity index (χ4n) is 11.9. The van der Waals surface area contributed by atoms with Crippen molar-refractivity contribution in [1.82, 2.24) is 30.2 Å². The predicted octanol–water partition coefficient (Wildman–Crippen LogP) is 10.0. The number of hydrogen-bond acceptors (Lipinski definition) is 8. The molecule has 4 N–H and O–H groups in total. The maximum absolute atomic E-state index is 4.17. The predicted molar refractivity (Wildman–Crippen MR) is 273 cm³/mol. The zero-order valence-electron chi connectivity index (χ0n) is 41.3. The van der Waals surface area contributed by atoms with Crippen LogP contribution < -0.4 is 21.3 Å². The summed E-state index contributed by atoms with van der Waals surface area (Å²) in [7, 11) is 4.48. The molecule has 6 aliphatic heterocycles. The third kappa shape index (κ3) is 10.5. The van der Waals surface area contributed by atoms with Crippen molar-refractivity contribution in [3.05, 3.63) is 130 Å². The molecule has 0 aromatic heterocycles. The Labute approximate surface area is 393 Å². The zero-order chi connectivity index (χ0) is 45.3. The number of piperidine rings is 2. The van der Waals surface area contributed by atoms with Gasteiger partial charge in [-0.15, -0.1) is 0 Å². The molecule has 0 saturated carbocycles. The van der Waals surface area contributed by atoms with E-state index in [1.807, 2.05) is 0 Å². The number of fused-ring (bicyclic) bond motifs is 6. The van der Waals surface area contributed by atoms with Gasteiger partial charge < -0.3 is 31.1 Å². The average Bonchev–Trinajstić information content (AvgIpc) is 3.32. The van der Waals surface area contributed by atoms with E-state index in [0.717, 1.165) is 6.42 Å². The molecule has 6 heterocycles. The second-order valence-electron chi connectivity index (χ2n) is 22.5. The van der Waals surface area contributed by atoms with E-state index >= 15 is 0 Å². The van der Waals surface area contributed by atoms with E-state index < -0.39 is 0 Å². The molecule has 0 radical (unpaired) electrons. The number of anilines is 2. The molecule has 4 saturated heterocycles. The molecular formula is C57H82N8. The molecule has 7 unspecified atom stereocenters. The van der Waals surface area contributed by atoms with Gasteiger partial charge in [-0.3, -0.25) is 9.80 Å². The van der Waals surface area contributed by atoms with Crippen LogP contribution in [0.1, 0.15) is 131 Å². The summed E-state index contributed by atoms with van der Waals surface area (Å²) in [6.45, 7) is 25.9. The van der Waals surface area contributed by atoms with Crippen molar-refractivity contribution in [2.45, 2.75) is 121 Å². The molecule has 4 aromatic carbocycles. The topological polar surface area (TPSA) is 61.1 Å². The zero-order valence-corrected chi connectivity index (χ0v) is 41.3. The highest BCUT2D eigenvalue weighted by Gasteiger charge is 2.43. The maximum atomic E-state index is 4.17. The molecule has 8 atom stereocenters. The normalized spacial score (nSPS) is 28.9. The summed E-state index contributed by atoms with van der Waals surface area (Å²) >= 11 is 0. The van der Waals surface area contributed by atoms with Crippen LogP contribution in [-0.4, -0.2) is 111 Å². The average molecular weight is 879 g/mol. The number of likely N-dealkylation sites (N-methyl/N-ethyl adjacent to an activating group) is 2. The monoisotopic (exact) mass is 879 g/mol. The number of rotatable bonds is 8. The fourth-order valence-corrected chi connectivity index (χ4v) is 11.9. The smallest absolute Gasteiger partial charge is 0.0560 e. The van der Waals surface area contributed by atoms with E-state index in [1.165, 1.54) is 136 Å². The molecule has 350 valence electrons. The van der Waals surface area contributed by atoms with Crippen LogP contribution in [0.4, 0.5) is 11.4 Å². The Balaban J connectivity index is 0.000000164. The molecule has 6 aliphatic rings. The third-order valence-corrected chi connectivity index (χ3v) is 16.6. The van der Waals surface area contributed by atoms with Gasteiger partial charge in [-0.05, 0) is 103 Å².